The van der Waals surface area contributed by atoms with Crippen LogP contribution >= 0.6 is 11.6 Å². The largest absolute Gasteiger partial charge is 0.486 e. The molecular formula is C25H29ClFN3O4. The van der Waals surface area contributed by atoms with Crippen LogP contribution < -0.4 is 19.7 Å². The maximum absolute atomic E-state index is 14.6. The number of hydrogen-bond donors (Lipinski definition) is 2. The van der Waals surface area contributed by atoms with E-state index in [1.54, 1.807) is 6.07 Å². The Morgan fingerprint density at radius 3 is 2.68 bits per heavy atom. The second-order valence-corrected chi connectivity index (χ2v) is 9.59. The molecule has 3 aliphatic heterocycles. The molecule has 1 amide bonds. The molecule has 2 saturated heterocycles. The third kappa shape index (κ3) is 4.94. The van der Waals surface area contributed by atoms with Crippen LogP contribution in [0, 0.1) is 11.7 Å². The summed E-state index contributed by atoms with van der Waals surface area (Å²) >= 11 is 5.99. The van der Waals surface area contributed by atoms with Crippen LogP contribution in [0.5, 0.6) is 11.5 Å². The topological polar surface area (TPSA) is 74.3 Å². The number of carbonyl (C=O) groups is 1. The molecule has 7 nitrogen and oxygen atoms in total. The zero-order chi connectivity index (χ0) is 23.7. The highest BCUT2D eigenvalue weighted by Crippen LogP contribution is 2.36. The van der Waals surface area contributed by atoms with E-state index < -0.39 is 18.0 Å². The average molecular weight is 490 g/mol. The van der Waals surface area contributed by atoms with E-state index in [-0.39, 0.29) is 29.9 Å². The second-order valence-electron chi connectivity index (χ2n) is 9.15. The molecule has 2 fully saturated rings. The van der Waals surface area contributed by atoms with Crippen molar-refractivity contribution in [1.29, 1.82) is 0 Å². The fraction of sp³-hybridized carbons (Fsp3) is 0.480. The molecule has 0 saturated carbocycles. The first-order chi connectivity index (χ1) is 16.5. The van der Waals surface area contributed by atoms with Crippen LogP contribution in [-0.2, 0) is 4.79 Å². The van der Waals surface area contributed by atoms with Crippen molar-refractivity contribution >= 4 is 23.2 Å². The van der Waals surface area contributed by atoms with Crippen molar-refractivity contribution in [3.63, 3.8) is 0 Å². The number of nitrogens with zero attached hydrogens (tertiary/aromatic N) is 2. The molecule has 0 aromatic heterocycles. The first kappa shape index (κ1) is 23.2. The molecule has 0 spiro atoms. The molecule has 5 rings (SSSR count). The summed E-state index contributed by atoms with van der Waals surface area (Å²) in [5, 5.41) is 14.9. The highest BCUT2D eigenvalue weighted by Gasteiger charge is 2.34. The van der Waals surface area contributed by atoms with E-state index in [0.717, 1.165) is 38.2 Å². The Morgan fingerprint density at radius 2 is 1.94 bits per heavy atom. The van der Waals surface area contributed by atoms with Crippen LogP contribution in [0.3, 0.4) is 0 Å². The van der Waals surface area contributed by atoms with Gasteiger partial charge in [-0.25, -0.2) is 4.39 Å². The minimum atomic E-state index is -1.08. The van der Waals surface area contributed by atoms with Crippen molar-refractivity contribution in [1.82, 2.24) is 10.2 Å². The van der Waals surface area contributed by atoms with Gasteiger partial charge in [0, 0.05) is 30.3 Å². The standard InChI is InChI=1S/C25H29ClFN3O4/c26-18-2-4-19(5-3-18)30-9-6-16(14-30)25(32)28-21(15-29-7-1-8-29)23(31)17-12-20(27)24-22(13-17)33-10-11-34-24/h2-5,12-13,16,21,23,31H,1,6-11,14-15H2,(H,28,32)/t16-,21-,23-/m1/s1. The fourth-order valence-electron chi connectivity index (χ4n) is 4.76. The summed E-state index contributed by atoms with van der Waals surface area (Å²) in [5.74, 6) is -0.519. The number of hydrogen-bond acceptors (Lipinski definition) is 6. The highest BCUT2D eigenvalue weighted by atomic mass is 35.5. The zero-order valence-corrected chi connectivity index (χ0v) is 19.6. The number of amides is 1. The predicted octanol–water partition coefficient (Wildman–Crippen LogP) is 3.00. The van der Waals surface area contributed by atoms with Crippen LogP contribution in [-0.4, -0.2) is 67.9 Å². The molecule has 3 heterocycles. The highest BCUT2D eigenvalue weighted by molar-refractivity contribution is 6.30. The lowest BCUT2D eigenvalue weighted by Gasteiger charge is -2.36. The summed E-state index contributed by atoms with van der Waals surface area (Å²) in [6.45, 7) is 4.31. The summed E-state index contributed by atoms with van der Waals surface area (Å²) < 4.78 is 25.5. The molecule has 3 atom stereocenters. The van der Waals surface area contributed by atoms with Crippen LogP contribution in [0.4, 0.5) is 10.1 Å². The van der Waals surface area contributed by atoms with Gasteiger partial charge in [0.25, 0.3) is 0 Å². The van der Waals surface area contributed by atoms with E-state index in [9.17, 15) is 14.3 Å². The molecule has 3 aliphatic rings. The third-order valence-corrected chi connectivity index (χ3v) is 7.08. The van der Waals surface area contributed by atoms with E-state index in [4.69, 9.17) is 21.1 Å². The van der Waals surface area contributed by atoms with Crippen molar-refractivity contribution in [2.24, 2.45) is 5.92 Å². The monoisotopic (exact) mass is 489 g/mol. The van der Waals surface area contributed by atoms with Crippen molar-refractivity contribution in [2.45, 2.75) is 25.0 Å². The summed E-state index contributed by atoms with van der Waals surface area (Å²) in [4.78, 5) is 17.5. The Balaban J connectivity index is 1.29. The third-order valence-electron chi connectivity index (χ3n) is 6.82. The quantitative estimate of drug-likeness (QED) is 0.623. The van der Waals surface area contributed by atoms with Gasteiger partial charge in [-0.15, -0.1) is 0 Å². The Bertz CT molecular complexity index is 1030. The molecule has 0 aliphatic carbocycles. The van der Waals surface area contributed by atoms with E-state index in [2.05, 4.69) is 15.1 Å². The number of aliphatic hydroxyl groups is 1. The molecule has 0 unspecified atom stereocenters. The second kappa shape index (κ2) is 9.98. The average Bonchev–Trinajstić information content (AvgIpc) is 3.31. The van der Waals surface area contributed by atoms with Gasteiger partial charge in [-0.2, -0.15) is 0 Å². The number of ether oxygens (including phenoxy) is 2. The molecule has 2 aromatic carbocycles. The Morgan fingerprint density at radius 1 is 1.18 bits per heavy atom. The van der Waals surface area contributed by atoms with Gasteiger partial charge in [-0.1, -0.05) is 11.6 Å². The summed E-state index contributed by atoms with van der Waals surface area (Å²) in [7, 11) is 0. The molecule has 34 heavy (non-hydrogen) atoms. The number of benzene rings is 2. The molecule has 2 aromatic rings. The van der Waals surface area contributed by atoms with Gasteiger partial charge < -0.3 is 29.7 Å². The number of halogens is 2. The van der Waals surface area contributed by atoms with Crippen LogP contribution in [0.1, 0.15) is 24.5 Å². The number of anilines is 1. The number of aliphatic hydroxyl groups excluding tert-OH is 1. The van der Waals surface area contributed by atoms with E-state index >= 15 is 0 Å². The molecule has 0 radical (unpaired) electrons. The van der Waals surface area contributed by atoms with Gasteiger partial charge in [0.1, 0.15) is 19.3 Å². The summed E-state index contributed by atoms with van der Waals surface area (Å²) in [6.07, 6.45) is 0.733. The number of nitrogens with one attached hydrogen (secondary N) is 1. The van der Waals surface area contributed by atoms with Crippen molar-refractivity contribution in [2.75, 3.05) is 50.8 Å². The Hall–Kier alpha value is -2.55. The number of fused-ring (bicyclic) bond motifs is 1. The normalized spacial score (nSPS) is 21.6. The lowest BCUT2D eigenvalue weighted by Crippen LogP contribution is -2.52. The zero-order valence-electron chi connectivity index (χ0n) is 18.9. The molecule has 9 heteroatoms. The van der Waals surface area contributed by atoms with Crippen LogP contribution in [0.15, 0.2) is 36.4 Å². The van der Waals surface area contributed by atoms with Crippen LogP contribution in [0.25, 0.3) is 0 Å². The van der Waals surface area contributed by atoms with Gasteiger partial charge in [-0.05, 0) is 67.9 Å². The number of rotatable bonds is 7. The minimum absolute atomic E-state index is 0.0683. The molecule has 182 valence electrons. The lowest BCUT2D eigenvalue weighted by atomic mass is 9.98. The number of carbonyl (C=O) groups excluding carboxylic acids is 1. The molecule has 2 N–H and O–H groups in total. The smallest absolute Gasteiger partial charge is 0.225 e. The Kier molecular flexibility index (Phi) is 6.81. The predicted molar refractivity (Wildman–Crippen MR) is 127 cm³/mol. The van der Waals surface area contributed by atoms with Gasteiger partial charge in [-0.3, -0.25) is 4.79 Å². The number of likely N-dealkylation sites (tertiary alicyclic amines) is 1. The van der Waals surface area contributed by atoms with Gasteiger partial charge in [0.05, 0.1) is 12.0 Å². The molecular weight excluding hydrogens is 461 g/mol. The SMILES string of the molecule is O=C(N[C@H](CN1CCC1)[C@H](O)c1cc(F)c2c(c1)OCCO2)[C@@H]1CCN(c2ccc(Cl)cc2)C1. The maximum Gasteiger partial charge on any atom is 0.225 e. The first-order valence-corrected chi connectivity index (χ1v) is 12.2. The first-order valence-electron chi connectivity index (χ1n) is 11.8. The van der Waals surface area contributed by atoms with Gasteiger partial charge in [0.15, 0.2) is 17.3 Å². The minimum Gasteiger partial charge on any atom is -0.486 e. The summed E-state index contributed by atoms with van der Waals surface area (Å²) in [6, 6.07) is 9.90. The van der Waals surface area contributed by atoms with E-state index in [0.29, 0.717) is 30.3 Å². The Labute approximate surface area is 203 Å². The molecule has 0 bridgehead atoms. The van der Waals surface area contributed by atoms with Crippen molar-refractivity contribution < 1.29 is 23.8 Å². The van der Waals surface area contributed by atoms with Crippen molar-refractivity contribution in [3.8, 4) is 11.5 Å². The van der Waals surface area contributed by atoms with Gasteiger partial charge >= 0.3 is 0 Å². The van der Waals surface area contributed by atoms with Crippen molar-refractivity contribution in [3.05, 3.63) is 52.8 Å². The fourth-order valence-corrected chi connectivity index (χ4v) is 4.89. The van der Waals surface area contributed by atoms with E-state index in [1.807, 2.05) is 24.3 Å². The summed E-state index contributed by atoms with van der Waals surface area (Å²) in [5.41, 5.74) is 1.39. The van der Waals surface area contributed by atoms with Crippen LogP contribution in [0.2, 0.25) is 5.02 Å². The lowest BCUT2D eigenvalue weighted by molar-refractivity contribution is -0.126. The van der Waals surface area contributed by atoms with E-state index in [1.165, 1.54) is 6.07 Å². The van der Waals surface area contributed by atoms with Gasteiger partial charge in [0.2, 0.25) is 5.91 Å². The maximum atomic E-state index is 14.6.